The zero-order valence-corrected chi connectivity index (χ0v) is 7.54. The van der Waals surface area contributed by atoms with E-state index in [1.54, 1.807) is 0 Å². The number of hydrogen-bond acceptors (Lipinski definition) is 1. The summed E-state index contributed by atoms with van der Waals surface area (Å²) in [5.41, 5.74) is 4.09. The largest absolute Gasteiger partial charge is 0.286 e. The highest BCUT2D eigenvalue weighted by molar-refractivity contribution is 5.86. The Balaban J connectivity index is 2.48. The van der Waals surface area contributed by atoms with E-state index < -0.39 is 0 Å². The maximum absolute atomic E-state index is 4.54. The average Bonchev–Trinajstić information content (AvgIpc) is 2.04. The molecule has 0 amide bonds. The minimum Gasteiger partial charge on any atom is -0.286 e. The molecule has 0 radical (unpaired) electrons. The SMILES string of the molecule is CC1=NC(C)c2ccccc2C1. The Morgan fingerprint density at radius 1 is 1.33 bits per heavy atom. The Bertz CT molecular complexity index is 326. The Hall–Kier alpha value is -1.11. The maximum Gasteiger partial charge on any atom is 0.0723 e. The lowest BCUT2D eigenvalue weighted by Gasteiger charge is -2.19. The molecule has 1 nitrogen and oxygen atoms in total. The fraction of sp³-hybridized carbons (Fsp3) is 0.364. The van der Waals surface area contributed by atoms with Crippen LogP contribution in [0.5, 0.6) is 0 Å². The van der Waals surface area contributed by atoms with Gasteiger partial charge in [-0.05, 0) is 25.0 Å². The van der Waals surface area contributed by atoms with Gasteiger partial charge in [0.15, 0.2) is 0 Å². The van der Waals surface area contributed by atoms with Crippen molar-refractivity contribution < 1.29 is 0 Å². The summed E-state index contributed by atoms with van der Waals surface area (Å²) in [5.74, 6) is 0. The topological polar surface area (TPSA) is 12.4 Å². The van der Waals surface area contributed by atoms with E-state index >= 15 is 0 Å². The first-order chi connectivity index (χ1) is 5.77. The van der Waals surface area contributed by atoms with Gasteiger partial charge in [0, 0.05) is 12.1 Å². The van der Waals surface area contributed by atoms with Crippen LogP contribution < -0.4 is 0 Å². The minimum absolute atomic E-state index is 0.356. The number of nitrogens with zero attached hydrogens (tertiary/aromatic N) is 1. The third kappa shape index (κ3) is 1.15. The molecule has 1 aliphatic rings. The number of aliphatic imine (C=N–C) groups is 1. The number of rotatable bonds is 0. The van der Waals surface area contributed by atoms with Crippen LogP contribution in [-0.4, -0.2) is 5.71 Å². The van der Waals surface area contributed by atoms with E-state index in [-0.39, 0.29) is 0 Å². The van der Waals surface area contributed by atoms with Gasteiger partial charge in [-0.3, -0.25) is 4.99 Å². The molecular weight excluding hydrogens is 146 g/mol. The van der Waals surface area contributed by atoms with E-state index in [0.29, 0.717) is 6.04 Å². The minimum atomic E-state index is 0.356. The first-order valence-electron chi connectivity index (χ1n) is 4.38. The molecule has 0 saturated carbocycles. The zero-order chi connectivity index (χ0) is 8.55. The highest BCUT2D eigenvalue weighted by Crippen LogP contribution is 2.25. The Morgan fingerprint density at radius 3 is 2.92 bits per heavy atom. The fourth-order valence-corrected chi connectivity index (χ4v) is 1.82. The van der Waals surface area contributed by atoms with E-state index in [9.17, 15) is 0 Å². The van der Waals surface area contributed by atoms with Crippen LogP contribution in [0, 0.1) is 0 Å². The van der Waals surface area contributed by atoms with Crippen LogP contribution in [-0.2, 0) is 6.42 Å². The zero-order valence-electron chi connectivity index (χ0n) is 7.54. The molecule has 1 heteroatoms. The van der Waals surface area contributed by atoms with Gasteiger partial charge in [0.05, 0.1) is 6.04 Å². The van der Waals surface area contributed by atoms with Crippen LogP contribution in [0.1, 0.15) is 31.0 Å². The first kappa shape index (κ1) is 7.53. The fourth-order valence-electron chi connectivity index (χ4n) is 1.82. The van der Waals surface area contributed by atoms with E-state index in [4.69, 9.17) is 0 Å². The van der Waals surface area contributed by atoms with Crippen molar-refractivity contribution >= 4 is 5.71 Å². The van der Waals surface area contributed by atoms with Gasteiger partial charge >= 0.3 is 0 Å². The molecule has 1 unspecified atom stereocenters. The summed E-state index contributed by atoms with van der Waals surface area (Å²) in [4.78, 5) is 4.54. The molecule has 0 bridgehead atoms. The van der Waals surface area contributed by atoms with Gasteiger partial charge in [0.1, 0.15) is 0 Å². The summed E-state index contributed by atoms with van der Waals surface area (Å²) < 4.78 is 0. The third-order valence-electron chi connectivity index (χ3n) is 2.37. The van der Waals surface area contributed by atoms with Gasteiger partial charge in [-0.2, -0.15) is 0 Å². The molecule has 0 spiro atoms. The summed E-state index contributed by atoms with van der Waals surface area (Å²) in [5, 5.41) is 0. The van der Waals surface area contributed by atoms with Crippen LogP contribution in [0.4, 0.5) is 0 Å². The second-order valence-corrected chi connectivity index (χ2v) is 3.42. The predicted molar refractivity (Wildman–Crippen MR) is 51.7 cm³/mol. The molecule has 1 heterocycles. The lowest BCUT2D eigenvalue weighted by Crippen LogP contribution is -2.10. The van der Waals surface area contributed by atoms with Gasteiger partial charge in [0.2, 0.25) is 0 Å². The summed E-state index contributed by atoms with van der Waals surface area (Å²) >= 11 is 0. The molecule has 0 aromatic heterocycles. The van der Waals surface area contributed by atoms with Gasteiger partial charge in [-0.1, -0.05) is 24.3 Å². The van der Waals surface area contributed by atoms with Crippen LogP contribution in [0.2, 0.25) is 0 Å². The van der Waals surface area contributed by atoms with E-state index in [1.165, 1.54) is 16.8 Å². The molecule has 0 aliphatic carbocycles. The summed E-state index contributed by atoms with van der Waals surface area (Å²) in [6.45, 7) is 4.26. The highest BCUT2D eigenvalue weighted by Gasteiger charge is 2.14. The quantitative estimate of drug-likeness (QED) is 0.552. The van der Waals surface area contributed by atoms with E-state index in [0.717, 1.165) is 6.42 Å². The lowest BCUT2D eigenvalue weighted by atomic mass is 9.95. The molecule has 1 aromatic rings. The van der Waals surface area contributed by atoms with Crippen molar-refractivity contribution in [2.24, 2.45) is 4.99 Å². The first-order valence-corrected chi connectivity index (χ1v) is 4.38. The molecule has 1 aliphatic heterocycles. The highest BCUT2D eigenvalue weighted by atomic mass is 14.8. The molecular formula is C11H13N. The smallest absolute Gasteiger partial charge is 0.0723 e. The van der Waals surface area contributed by atoms with Gasteiger partial charge < -0.3 is 0 Å². The van der Waals surface area contributed by atoms with Crippen LogP contribution in [0.3, 0.4) is 0 Å². The lowest BCUT2D eigenvalue weighted by molar-refractivity contribution is 0.785. The van der Waals surface area contributed by atoms with Gasteiger partial charge in [-0.15, -0.1) is 0 Å². The summed E-state index contributed by atoms with van der Waals surface area (Å²) in [6, 6.07) is 8.92. The number of fused-ring (bicyclic) bond motifs is 1. The standard InChI is InChI=1S/C11H13N/c1-8-7-10-5-3-4-6-11(10)9(2)12-8/h3-6,9H,7H2,1-2H3. The van der Waals surface area contributed by atoms with Crippen molar-refractivity contribution in [2.75, 3.05) is 0 Å². The Morgan fingerprint density at radius 2 is 2.08 bits per heavy atom. The van der Waals surface area contributed by atoms with Crippen molar-refractivity contribution in [3.05, 3.63) is 35.4 Å². The number of hydrogen-bond donors (Lipinski definition) is 0. The molecule has 62 valence electrons. The van der Waals surface area contributed by atoms with Crippen LogP contribution >= 0.6 is 0 Å². The van der Waals surface area contributed by atoms with Crippen molar-refractivity contribution in [2.45, 2.75) is 26.3 Å². The van der Waals surface area contributed by atoms with E-state index in [2.05, 4.69) is 43.1 Å². The molecule has 2 rings (SSSR count). The number of benzene rings is 1. The van der Waals surface area contributed by atoms with Crippen molar-refractivity contribution in [3.8, 4) is 0 Å². The predicted octanol–water partition coefficient (Wildman–Crippen LogP) is 2.76. The van der Waals surface area contributed by atoms with Crippen LogP contribution in [0.25, 0.3) is 0 Å². The maximum atomic E-state index is 4.54. The third-order valence-corrected chi connectivity index (χ3v) is 2.37. The van der Waals surface area contributed by atoms with Crippen molar-refractivity contribution in [1.29, 1.82) is 0 Å². The summed E-state index contributed by atoms with van der Waals surface area (Å²) in [6.07, 6.45) is 1.03. The molecule has 0 N–H and O–H groups in total. The second-order valence-electron chi connectivity index (χ2n) is 3.42. The average molecular weight is 159 g/mol. The van der Waals surface area contributed by atoms with Crippen molar-refractivity contribution in [3.63, 3.8) is 0 Å². The molecule has 0 saturated heterocycles. The normalized spacial score (nSPS) is 21.5. The Kier molecular flexibility index (Phi) is 1.72. The van der Waals surface area contributed by atoms with Gasteiger partial charge in [0.25, 0.3) is 0 Å². The summed E-state index contributed by atoms with van der Waals surface area (Å²) in [7, 11) is 0. The van der Waals surface area contributed by atoms with Crippen molar-refractivity contribution in [1.82, 2.24) is 0 Å². The molecule has 1 atom stereocenters. The van der Waals surface area contributed by atoms with E-state index in [1.807, 2.05) is 0 Å². The second kappa shape index (κ2) is 2.74. The van der Waals surface area contributed by atoms with Crippen LogP contribution in [0.15, 0.2) is 29.3 Å². The monoisotopic (exact) mass is 159 g/mol. The Labute approximate surface area is 73.1 Å². The molecule has 0 fully saturated rings. The molecule has 1 aromatic carbocycles. The molecule has 12 heavy (non-hydrogen) atoms. The van der Waals surface area contributed by atoms with Gasteiger partial charge in [-0.25, -0.2) is 0 Å².